The molecule has 92 valence electrons. The van der Waals surface area contributed by atoms with Crippen molar-refractivity contribution in [1.82, 2.24) is 4.98 Å². The molecule has 18 heavy (non-hydrogen) atoms. The van der Waals surface area contributed by atoms with Crippen LogP contribution in [0.25, 0.3) is 0 Å². The van der Waals surface area contributed by atoms with Gasteiger partial charge in [0, 0.05) is 5.56 Å². The summed E-state index contributed by atoms with van der Waals surface area (Å²) in [6.07, 6.45) is 0. The third-order valence-corrected chi connectivity index (χ3v) is 2.60. The highest BCUT2D eigenvalue weighted by atomic mass is 35.5. The van der Waals surface area contributed by atoms with Gasteiger partial charge in [0.15, 0.2) is 0 Å². The first-order valence-electron chi connectivity index (χ1n) is 5.26. The Hall–Kier alpha value is -1.94. The van der Waals surface area contributed by atoms with Crippen molar-refractivity contribution in [3.8, 4) is 0 Å². The van der Waals surface area contributed by atoms with E-state index in [9.17, 15) is 9.18 Å². The van der Waals surface area contributed by atoms with Crippen molar-refractivity contribution in [2.75, 3.05) is 5.32 Å². The Morgan fingerprint density at radius 3 is 2.78 bits per heavy atom. The molecule has 2 rings (SSSR count). The summed E-state index contributed by atoms with van der Waals surface area (Å²) < 4.78 is 13.3. The molecule has 0 saturated carbocycles. The molecular weight excluding hydrogens is 255 g/mol. The van der Waals surface area contributed by atoms with Crippen LogP contribution in [0, 0.1) is 12.7 Å². The molecule has 0 bridgehead atoms. The summed E-state index contributed by atoms with van der Waals surface area (Å²) in [7, 11) is 0. The molecule has 1 amide bonds. The molecule has 1 aromatic carbocycles. The highest BCUT2D eigenvalue weighted by molar-refractivity contribution is 6.29. The number of amides is 1. The Balaban J connectivity index is 2.19. The maximum Gasteiger partial charge on any atom is 0.256 e. The number of anilines is 1. The minimum Gasteiger partial charge on any atom is -0.307 e. The van der Waals surface area contributed by atoms with Crippen molar-refractivity contribution >= 4 is 23.3 Å². The lowest BCUT2D eigenvalue weighted by molar-refractivity contribution is 0.102. The van der Waals surface area contributed by atoms with E-state index < -0.39 is 11.7 Å². The fourth-order valence-electron chi connectivity index (χ4n) is 1.40. The summed E-state index contributed by atoms with van der Waals surface area (Å²) >= 11 is 5.70. The van der Waals surface area contributed by atoms with Crippen molar-refractivity contribution in [3.63, 3.8) is 0 Å². The average Bonchev–Trinajstić information content (AvgIpc) is 2.32. The summed E-state index contributed by atoms with van der Waals surface area (Å²) in [5.74, 6) is -0.515. The predicted molar refractivity (Wildman–Crippen MR) is 68.3 cm³/mol. The number of benzene rings is 1. The zero-order chi connectivity index (χ0) is 13.1. The predicted octanol–water partition coefficient (Wildman–Crippen LogP) is 3.43. The number of rotatable bonds is 2. The Kier molecular flexibility index (Phi) is 3.58. The Morgan fingerprint density at radius 1 is 1.33 bits per heavy atom. The van der Waals surface area contributed by atoms with Gasteiger partial charge >= 0.3 is 0 Å². The van der Waals surface area contributed by atoms with E-state index in [-0.39, 0.29) is 10.7 Å². The van der Waals surface area contributed by atoms with Crippen LogP contribution in [0.2, 0.25) is 5.15 Å². The first-order chi connectivity index (χ1) is 8.56. The molecule has 0 aliphatic rings. The number of aromatic nitrogens is 1. The number of aryl methyl sites for hydroxylation is 1. The molecule has 1 N–H and O–H groups in total. The number of hydrogen-bond acceptors (Lipinski definition) is 2. The minimum atomic E-state index is -0.427. The van der Waals surface area contributed by atoms with Crippen molar-refractivity contribution in [2.24, 2.45) is 0 Å². The largest absolute Gasteiger partial charge is 0.307 e. The molecule has 1 heterocycles. The van der Waals surface area contributed by atoms with Gasteiger partial charge in [-0.3, -0.25) is 4.79 Å². The lowest BCUT2D eigenvalue weighted by atomic mass is 10.1. The summed E-state index contributed by atoms with van der Waals surface area (Å²) in [6.45, 7) is 1.63. The SMILES string of the molecule is Cc1ccc(C(=O)Nc2cccc(Cl)n2)cc1F. The number of hydrogen-bond donors (Lipinski definition) is 1. The van der Waals surface area contributed by atoms with Gasteiger partial charge < -0.3 is 5.32 Å². The van der Waals surface area contributed by atoms with Crippen LogP contribution in [-0.4, -0.2) is 10.9 Å². The second-order valence-electron chi connectivity index (χ2n) is 3.76. The first-order valence-corrected chi connectivity index (χ1v) is 5.64. The number of nitrogens with zero attached hydrogens (tertiary/aromatic N) is 1. The summed E-state index contributed by atoms with van der Waals surface area (Å²) in [5.41, 5.74) is 0.729. The smallest absolute Gasteiger partial charge is 0.256 e. The van der Waals surface area contributed by atoms with Crippen molar-refractivity contribution in [3.05, 3.63) is 58.5 Å². The molecule has 3 nitrogen and oxygen atoms in total. The number of carbonyl (C=O) groups excluding carboxylic acids is 1. The number of nitrogens with one attached hydrogen (secondary N) is 1. The zero-order valence-electron chi connectivity index (χ0n) is 9.58. The van der Waals surface area contributed by atoms with E-state index in [0.717, 1.165) is 0 Å². The molecule has 0 radical (unpaired) electrons. The van der Waals surface area contributed by atoms with Crippen LogP contribution in [0.1, 0.15) is 15.9 Å². The fourth-order valence-corrected chi connectivity index (χ4v) is 1.56. The maximum absolute atomic E-state index is 13.3. The molecule has 2 aromatic rings. The van der Waals surface area contributed by atoms with Crippen LogP contribution >= 0.6 is 11.6 Å². The van der Waals surface area contributed by atoms with Crippen molar-refractivity contribution in [1.29, 1.82) is 0 Å². The van der Waals surface area contributed by atoms with Gasteiger partial charge in [-0.2, -0.15) is 0 Å². The van der Waals surface area contributed by atoms with Gasteiger partial charge in [0.1, 0.15) is 16.8 Å². The average molecular weight is 265 g/mol. The fraction of sp³-hybridized carbons (Fsp3) is 0.0769. The normalized spacial score (nSPS) is 10.2. The van der Waals surface area contributed by atoms with Crippen LogP contribution in [0.5, 0.6) is 0 Å². The second kappa shape index (κ2) is 5.14. The number of halogens is 2. The maximum atomic E-state index is 13.3. The molecule has 0 saturated heterocycles. The standard InChI is InChI=1S/C13H10ClFN2O/c1-8-5-6-9(7-10(8)15)13(18)17-12-4-2-3-11(14)16-12/h2-7H,1H3,(H,16,17,18). The zero-order valence-corrected chi connectivity index (χ0v) is 10.3. The van der Waals surface area contributed by atoms with Gasteiger partial charge in [-0.15, -0.1) is 0 Å². The molecule has 1 aromatic heterocycles. The molecule has 0 aliphatic heterocycles. The van der Waals surface area contributed by atoms with Crippen molar-refractivity contribution in [2.45, 2.75) is 6.92 Å². The van der Waals surface area contributed by atoms with E-state index in [0.29, 0.717) is 11.4 Å². The number of carbonyl (C=O) groups is 1. The highest BCUT2D eigenvalue weighted by Gasteiger charge is 2.09. The summed E-state index contributed by atoms with van der Waals surface area (Å²) in [6, 6.07) is 9.17. The Bertz CT molecular complexity index is 601. The van der Waals surface area contributed by atoms with E-state index in [1.165, 1.54) is 6.07 Å². The van der Waals surface area contributed by atoms with E-state index in [1.54, 1.807) is 37.3 Å². The van der Waals surface area contributed by atoms with Crippen LogP contribution in [0.15, 0.2) is 36.4 Å². The molecular formula is C13H10ClFN2O. The van der Waals surface area contributed by atoms with Crippen LogP contribution in [0.4, 0.5) is 10.2 Å². The third kappa shape index (κ3) is 2.84. The Morgan fingerprint density at radius 2 is 2.11 bits per heavy atom. The highest BCUT2D eigenvalue weighted by Crippen LogP contribution is 2.13. The third-order valence-electron chi connectivity index (χ3n) is 2.39. The number of pyridine rings is 1. The molecule has 0 spiro atoms. The van der Waals surface area contributed by atoms with Gasteiger partial charge in [-0.25, -0.2) is 9.37 Å². The quantitative estimate of drug-likeness (QED) is 0.845. The van der Waals surface area contributed by atoms with E-state index in [1.807, 2.05) is 0 Å². The molecule has 0 fully saturated rings. The Labute approximate surface area is 109 Å². The van der Waals surface area contributed by atoms with Gasteiger partial charge in [0.2, 0.25) is 0 Å². The lowest BCUT2D eigenvalue weighted by Crippen LogP contribution is -2.13. The first kappa shape index (κ1) is 12.5. The molecule has 5 heteroatoms. The van der Waals surface area contributed by atoms with E-state index in [4.69, 9.17) is 11.6 Å². The van der Waals surface area contributed by atoms with Gasteiger partial charge in [0.25, 0.3) is 5.91 Å². The van der Waals surface area contributed by atoms with Gasteiger partial charge in [-0.05, 0) is 36.8 Å². The lowest BCUT2D eigenvalue weighted by Gasteiger charge is -2.05. The molecule has 0 atom stereocenters. The monoisotopic (exact) mass is 264 g/mol. The minimum absolute atomic E-state index is 0.236. The van der Waals surface area contributed by atoms with Crippen LogP contribution < -0.4 is 5.32 Å². The van der Waals surface area contributed by atoms with Crippen LogP contribution in [-0.2, 0) is 0 Å². The second-order valence-corrected chi connectivity index (χ2v) is 4.15. The van der Waals surface area contributed by atoms with Gasteiger partial charge in [0.05, 0.1) is 0 Å². The van der Waals surface area contributed by atoms with Crippen molar-refractivity contribution < 1.29 is 9.18 Å². The van der Waals surface area contributed by atoms with Crippen LogP contribution in [0.3, 0.4) is 0 Å². The topological polar surface area (TPSA) is 42.0 Å². The molecule has 0 unspecified atom stereocenters. The van der Waals surface area contributed by atoms with E-state index >= 15 is 0 Å². The summed E-state index contributed by atoms with van der Waals surface area (Å²) in [4.78, 5) is 15.7. The van der Waals surface area contributed by atoms with Gasteiger partial charge in [-0.1, -0.05) is 23.7 Å². The van der Waals surface area contributed by atoms with E-state index in [2.05, 4.69) is 10.3 Å². The summed E-state index contributed by atoms with van der Waals surface area (Å²) in [5, 5.41) is 2.83. The molecule has 0 aliphatic carbocycles.